The second kappa shape index (κ2) is 9.91. The third-order valence-electron chi connectivity index (χ3n) is 8.88. The number of nitrogens with one attached hydrogen (secondary N) is 1. The maximum atomic E-state index is 13.0. The molecule has 4 aromatic rings. The van der Waals surface area contributed by atoms with Crippen molar-refractivity contribution in [2.24, 2.45) is 0 Å². The van der Waals surface area contributed by atoms with E-state index in [1.807, 2.05) is 60.8 Å². The summed E-state index contributed by atoms with van der Waals surface area (Å²) in [5.74, 6) is 3.13. The van der Waals surface area contributed by atoms with Gasteiger partial charge in [-0.15, -0.1) is 0 Å². The summed E-state index contributed by atoms with van der Waals surface area (Å²) in [6.07, 6.45) is 8.47. The molecule has 3 fully saturated rings. The minimum atomic E-state index is -0.176. The molecule has 9 heteroatoms. The summed E-state index contributed by atoms with van der Waals surface area (Å²) in [4.78, 5) is 24.9. The van der Waals surface area contributed by atoms with E-state index in [-0.39, 0.29) is 16.9 Å². The highest BCUT2D eigenvalue weighted by atomic mass is 16.5. The second-order valence-corrected chi connectivity index (χ2v) is 11.4. The Kier molecular flexibility index (Phi) is 6.20. The highest BCUT2D eigenvalue weighted by molar-refractivity contribution is 5.85. The third-order valence-corrected chi connectivity index (χ3v) is 8.88. The van der Waals surface area contributed by atoms with Gasteiger partial charge in [0.15, 0.2) is 0 Å². The minimum absolute atomic E-state index is 0.111. The number of anilines is 1. The van der Waals surface area contributed by atoms with Crippen LogP contribution >= 0.6 is 0 Å². The van der Waals surface area contributed by atoms with Gasteiger partial charge in [0.05, 0.1) is 19.8 Å². The van der Waals surface area contributed by atoms with E-state index in [1.165, 1.54) is 0 Å². The number of hydrogen-bond acceptors (Lipinski definition) is 7. The monoisotopic (exact) mass is 538 g/mol. The number of carbonyl (C=O) groups is 1. The van der Waals surface area contributed by atoms with Crippen LogP contribution < -0.4 is 15.8 Å². The zero-order valence-corrected chi connectivity index (χ0v) is 22.5. The molecule has 2 aliphatic carbocycles. The average Bonchev–Trinajstić information content (AvgIpc) is 3.66. The lowest BCUT2D eigenvalue weighted by atomic mass is 9.83. The lowest BCUT2D eigenvalue weighted by Gasteiger charge is -2.31. The van der Waals surface area contributed by atoms with Crippen LogP contribution in [0.2, 0.25) is 0 Å². The van der Waals surface area contributed by atoms with Gasteiger partial charge in [-0.3, -0.25) is 14.1 Å². The predicted octanol–water partition coefficient (Wildman–Crippen LogP) is 4.17. The third kappa shape index (κ3) is 4.49. The molecule has 2 bridgehead atoms. The first-order valence-corrected chi connectivity index (χ1v) is 14.1. The number of nitrogen functional groups attached to an aromatic ring is 1. The molecule has 0 radical (unpaired) electrons. The first-order chi connectivity index (χ1) is 19.5. The quantitative estimate of drug-likeness (QED) is 0.364. The zero-order valence-electron chi connectivity index (χ0n) is 22.5. The van der Waals surface area contributed by atoms with E-state index in [0.717, 1.165) is 79.3 Å². The van der Waals surface area contributed by atoms with Crippen LogP contribution in [0.5, 0.6) is 11.5 Å². The maximum Gasteiger partial charge on any atom is 0.234 e. The number of benzene rings is 2. The fourth-order valence-electron chi connectivity index (χ4n) is 6.92. The normalized spacial score (nSPS) is 24.4. The molecule has 3 N–H and O–H groups in total. The van der Waals surface area contributed by atoms with E-state index in [9.17, 15) is 4.79 Å². The van der Waals surface area contributed by atoms with Crippen molar-refractivity contribution in [1.82, 2.24) is 24.6 Å². The molecule has 7 rings (SSSR count). The Hall–Kier alpha value is -3.95. The van der Waals surface area contributed by atoms with Crippen molar-refractivity contribution in [3.05, 3.63) is 72.8 Å². The molecule has 40 heavy (non-hydrogen) atoms. The summed E-state index contributed by atoms with van der Waals surface area (Å²) in [5.41, 5.74) is 8.76. The number of ether oxygens (including phenoxy) is 2. The fraction of sp³-hybridized carbons (Fsp3) is 0.387. The smallest absolute Gasteiger partial charge is 0.234 e. The van der Waals surface area contributed by atoms with Crippen molar-refractivity contribution in [2.45, 2.75) is 43.1 Å². The SMILES string of the molecule is Nc1nccn2c(C34CCC(NC(=O)CN5CCOCC5)(CC3)C4)nc(-c3ccc(Oc4ccccc4)cc3)c12. The first kappa shape index (κ1) is 25.0. The van der Waals surface area contributed by atoms with E-state index >= 15 is 0 Å². The lowest BCUT2D eigenvalue weighted by Crippen LogP contribution is -2.50. The molecule has 1 aliphatic heterocycles. The van der Waals surface area contributed by atoms with Crippen molar-refractivity contribution in [3.8, 4) is 22.8 Å². The topological polar surface area (TPSA) is 107 Å². The molecule has 0 unspecified atom stereocenters. The van der Waals surface area contributed by atoms with Crippen LogP contribution in [0.25, 0.3) is 16.8 Å². The number of carbonyl (C=O) groups excluding carboxylic acids is 1. The summed E-state index contributed by atoms with van der Waals surface area (Å²) in [6.45, 7) is 3.43. The molecule has 1 saturated heterocycles. The van der Waals surface area contributed by atoms with Gasteiger partial charge < -0.3 is 20.5 Å². The Labute approximate surface area is 233 Å². The Balaban J connectivity index is 1.16. The zero-order chi connectivity index (χ0) is 27.2. The molecule has 3 aliphatic rings. The standard InChI is InChI=1S/C31H34N6O3/c32-28-27-26(22-6-8-24(9-7-22)40-23-4-2-1-3-5-23)34-29(37(27)15-14-33-28)30-10-12-31(21-30,13-11-30)35-25(38)20-36-16-18-39-19-17-36/h1-9,14-15H,10-13,16-21H2,(H2,32,33)(H,35,38). The van der Waals surface area contributed by atoms with Crippen LogP contribution in [0.4, 0.5) is 5.82 Å². The van der Waals surface area contributed by atoms with Gasteiger partial charge in [0.1, 0.15) is 34.4 Å². The number of aromatic nitrogens is 3. The molecule has 0 atom stereocenters. The van der Waals surface area contributed by atoms with E-state index in [4.69, 9.17) is 20.2 Å². The van der Waals surface area contributed by atoms with Gasteiger partial charge in [0.2, 0.25) is 5.91 Å². The van der Waals surface area contributed by atoms with Crippen LogP contribution in [0, 0.1) is 0 Å². The molecular weight excluding hydrogens is 504 g/mol. The van der Waals surface area contributed by atoms with E-state index in [0.29, 0.717) is 25.6 Å². The molecule has 3 heterocycles. The average molecular weight is 539 g/mol. The number of fused-ring (bicyclic) bond motifs is 3. The number of nitrogens with zero attached hydrogens (tertiary/aromatic N) is 4. The summed E-state index contributed by atoms with van der Waals surface area (Å²) >= 11 is 0. The van der Waals surface area contributed by atoms with Crippen LogP contribution in [-0.4, -0.2) is 63.6 Å². The Morgan fingerprint density at radius 2 is 1.73 bits per heavy atom. The van der Waals surface area contributed by atoms with Crippen LogP contribution in [-0.2, 0) is 14.9 Å². The van der Waals surface area contributed by atoms with Crippen LogP contribution in [0.3, 0.4) is 0 Å². The maximum absolute atomic E-state index is 13.0. The lowest BCUT2D eigenvalue weighted by molar-refractivity contribution is -0.125. The fourth-order valence-corrected chi connectivity index (χ4v) is 6.92. The van der Waals surface area contributed by atoms with Crippen LogP contribution in [0.15, 0.2) is 67.0 Å². The van der Waals surface area contributed by atoms with E-state index < -0.39 is 0 Å². The van der Waals surface area contributed by atoms with Gasteiger partial charge in [-0.1, -0.05) is 18.2 Å². The van der Waals surface area contributed by atoms with Gasteiger partial charge in [-0.05, 0) is 68.5 Å². The Morgan fingerprint density at radius 1 is 1.00 bits per heavy atom. The number of nitrogens with two attached hydrogens (primary N) is 1. The minimum Gasteiger partial charge on any atom is -0.457 e. The number of morpholine rings is 1. The summed E-state index contributed by atoms with van der Waals surface area (Å²) < 4.78 is 13.5. The van der Waals surface area contributed by atoms with Gasteiger partial charge in [-0.25, -0.2) is 9.97 Å². The Morgan fingerprint density at radius 3 is 2.48 bits per heavy atom. The molecule has 206 valence electrons. The van der Waals surface area contributed by atoms with Crippen molar-refractivity contribution < 1.29 is 14.3 Å². The number of imidazole rings is 1. The van der Waals surface area contributed by atoms with Gasteiger partial charge in [0.25, 0.3) is 0 Å². The highest BCUT2D eigenvalue weighted by Crippen LogP contribution is 2.57. The van der Waals surface area contributed by atoms with Gasteiger partial charge >= 0.3 is 0 Å². The molecule has 2 saturated carbocycles. The number of hydrogen-bond donors (Lipinski definition) is 2. The van der Waals surface area contributed by atoms with E-state index in [1.54, 1.807) is 6.20 Å². The molecule has 2 aromatic carbocycles. The van der Waals surface area contributed by atoms with Crippen molar-refractivity contribution in [1.29, 1.82) is 0 Å². The largest absolute Gasteiger partial charge is 0.457 e. The van der Waals surface area contributed by atoms with Crippen LogP contribution in [0.1, 0.15) is 37.9 Å². The van der Waals surface area contributed by atoms with Crippen molar-refractivity contribution in [3.63, 3.8) is 0 Å². The molecular formula is C31H34N6O3. The second-order valence-electron chi connectivity index (χ2n) is 11.4. The van der Waals surface area contributed by atoms with E-state index in [2.05, 4.69) is 19.6 Å². The predicted molar refractivity (Wildman–Crippen MR) is 152 cm³/mol. The molecule has 0 spiro atoms. The summed E-state index contributed by atoms with van der Waals surface area (Å²) in [7, 11) is 0. The molecule has 9 nitrogen and oxygen atoms in total. The summed E-state index contributed by atoms with van der Waals surface area (Å²) in [5, 5.41) is 3.44. The van der Waals surface area contributed by atoms with Gasteiger partial charge in [0, 0.05) is 42.0 Å². The number of para-hydroxylation sites is 1. The van der Waals surface area contributed by atoms with Crippen molar-refractivity contribution in [2.75, 3.05) is 38.6 Å². The highest BCUT2D eigenvalue weighted by Gasteiger charge is 2.57. The first-order valence-electron chi connectivity index (χ1n) is 14.1. The molecule has 2 aromatic heterocycles. The molecule has 1 amide bonds. The Bertz CT molecular complexity index is 1520. The summed E-state index contributed by atoms with van der Waals surface area (Å²) in [6, 6.07) is 17.7. The number of amides is 1. The van der Waals surface area contributed by atoms with Gasteiger partial charge in [-0.2, -0.15) is 0 Å². The number of rotatable bonds is 7. The van der Waals surface area contributed by atoms with Crippen molar-refractivity contribution >= 4 is 17.2 Å².